The molecule has 0 saturated carbocycles. The van der Waals surface area contributed by atoms with E-state index in [1.54, 1.807) is 33.0 Å². The number of carbonyl (C=O) groups is 3. The van der Waals surface area contributed by atoms with E-state index in [1.807, 2.05) is 32.1 Å². The summed E-state index contributed by atoms with van der Waals surface area (Å²) >= 11 is 6.74. The van der Waals surface area contributed by atoms with E-state index in [0.29, 0.717) is 17.1 Å². The summed E-state index contributed by atoms with van der Waals surface area (Å²) in [6, 6.07) is 7.43. The fourth-order valence-corrected chi connectivity index (χ4v) is 7.30. The Morgan fingerprint density at radius 2 is 1.92 bits per heavy atom. The zero-order chi connectivity index (χ0) is 38.1. The molecule has 14 nitrogen and oxygen atoms in total. The highest BCUT2D eigenvalue weighted by Crippen LogP contribution is 2.49. The van der Waals surface area contributed by atoms with Crippen molar-refractivity contribution in [2.45, 2.75) is 89.0 Å². The second-order valence-electron chi connectivity index (χ2n) is 13.9. The van der Waals surface area contributed by atoms with Crippen LogP contribution in [0.25, 0.3) is 0 Å². The molecule has 2 amide bonds. The lowest BCUT2D eigenvalue weighted by molar-refractivity contribution is -0.384. The lowest BCUT2D eigenvalue weighted by Crippen LogP contribution is -2.53. The monoisotopic (exact) mass is 741 g/mol. The minimum Gasteiger partial charge on any atom is -0.494 e. The number of halogens is 1. The van der Waals surface area contributed by atoms with Crippen molar-refractivity contribution in [2.75, 3.05) is 31.5 Å². The number of aliphatic hydroxyl groups is 1. The van der Waals surface area contributed by atoms with Gasteiger partial charge in [-0.1, -0.05) is 48.4 Å². The van der Waals surface area contributed by atoms with E-state index >= 15 is 0 Å². The Morgan fingerprint density at radius 1 is 1.19 bits per heavy atom. The van der Waals surface area contributed by atoms with Crippen LogP contribution in [0.2, 0.25) is 5.02 Å². The molecule has 2 fully saturated rings. The summed E-state index contributed by atoms with van der Waals surface area (Å²) < 4.78 is 28.8. The predicted octanol–water partition coefficient (Wildman–Crippen LogP) is 5.84. The molecule has 52 heavy (non-hydrogen) atoms. The molecule has 2 aromatic rings. The highest BCUT2D eigenvalue weighted by molar-refractivity contribution is 6.34. The zero-order valence-electron chi connectivity index (χ0n) is 30.1. The van der Waals surface area contributed by atoms with Crippen molar-refractivity contribution in [3.8, 4) is 5.75 Å². The molecule has 0 radical (unpaired) electrons. The Balaban J connectivity index is 1.52. The normalized spacial score (nSPS) is 31.0. The number of aryl methyl sites for hydroxylation is 1. The third-order valence-corrected chi connectivity index (χ3v) is 10.6. The fourth-order valence-electron chi connectivity index (χ4n) is 7.06. The maximum atomic E-state index is 14.0. The van der Waals surface area contributed by atoms with Crippen LogP contribution >= 0.6 is 11.6 Å². The van der Waals surface area contributed by atoms with Crippen LogP contribution < -0.4 is 15.0 Å². The van der Waals surface area contributed by atoms with Gasteiger partial charge >= 0.3 is 12.1 Å². The van der Waals surface area contributed by atoms with E-state index in [0.717, 1.165) is 22.8 Å². The van der Waals surface area contributed by atoms with Crippen molar-refractivity contribution in [2.24, 2.45) is 5.92 Å². The van der Waals surface area contributed by atoms with E-state index in [1.165, 1.54) is 31.3 Å². The average Bonchev–Trinajstić information content (AvgIpc) is 3.78. The number of epoxide rings is 1. The van der Waals surface area contributed by atoms with E-state index in [2.05, 4.69) is 5.32 Å². The Bertz CT molecular complexity index is 1810. The molecule has 2 aromatic carbocycles. The summed E-state index contributed by atoms with van der Waals surface area (Å²) in [6.45, 7) is 7.29. The summed E-state index contributed by atoms with van der Waals surface area (Å²) in [4.78, 5) is 52.5. The number of nitrogens with zero attached hydrogens (tertiary/aromatic N) is 2. The van der Waals surface area contributed by atoms with Crippen LogP contribution in [0, 0.1) is 23.0 Å². The van der Waals surface area contributed by atoms with Crippen LogP contribution in [0.3, 0.4) is 0 Å². The van der Waals surface area contributed by atoms with Gasteiger partial charge in [-0.3, -0.25) is 25.0 Å². The predicted molar refractivity (Wildman–Crippen MR) is 192 cm³/mol. The molecule has 3 heterocycles. The number of non-ortho nitro benzene ring substituents is 1. The fraction of sp³-hybridized carbons (Fsp3) is 0.486. The number of amides is 2. The summed E-state index contributed by atoms with van der Waals surface area (Å²) in [5.74, 6) is -1.53. The van der Waals surface area contributed by atoms with Gasteiger partial charge in [0.2, 0.25) is 5.91 Å². The van der Waals surface area contributed by atoms with Gasteiger partial charge in [-0.2, -0.15) is 0 Å². The van der Waals surface area contributed by atoms with E-state index in [-0.39, 0.29) is 36.4 Å². The van der Waals surface area contributed by atoms with Gasteiger partial charge in [-0.25, -0.2) is 4.79 Å². The topological polar surface area (TPSA) is 179 Å². The molecule has 2 saturated heterocycles. The standard InChI is InChI=1S/C37H44ClN3O11/c1-20-9-8-10-29(49-7)37(45)18-28(50-32(43)19-37)22(3)34-36(4,52-34)30(17-31(42)40(5)26-15-23(13-20)14-21(2)33(26)38)51-35(44)39-25-12-11-24(41(46)47)16-27(25)48-6/h8-12,14-16,22,28-30,34,45H,13,17-19H2,1-7H3,(H,39,44)/b10-8+,20-9+/t22-,28+,29-,30+,34+,36+,37-/m1/s1. The van der Waals surface area contributed by atoms with Gasteiger partial charge in [0.1, 0.15) is 35.3 Å². The summed E-state index contributed by atoms with van der Waals surface area (Å²) in [6.07, 6.45) is 0.889. The van der Waals surface area contributed by atoms with Gasteiger partial charge in [-0.15, -0.1) is 0 Å². The van der Waals surface area contributed by atoms with E-state index in [9.17, 15) is 29.6 Å². The maximum Gasteiger partial charge on any atom is 0.412 e. The highest BCUT2D eigenvalue weighted by atomic mass is 35.5. The number of esters is 1. The number of hydrogen-bond acceptors (Lipinski definition) is 11. The number of benzene rings is 2. The number of nitro benzene ring substituents is 1. The van der Waals surface area contributed by atoms with Gasteiger partial charge in [0, 0.05) is 32.6 Å². The minimum atomic E-state index is -1.59. The Morgan fingerprint density at radius 3 is 2.60 bits per heavy atom. The van der Waals surface area contributed by atoms with Crippen LogP contribution in [-0.2, 0) is 35.0 Å². The average molecular weight is 742 g/mol. The molecule has 0 spiro atoms. The maximum absolute atomic E-state index is 14.0. The Hall–Kier alpha value is -4.50. The van der Waals surface area contributed by atoms with Crippen LogP contribution in [0.4, 0.5) is 21.9 Å². The minimum absolute atomic E-state index is 0.0219. The van der Waals surface area contributed by atoms with Gasteiger partial charge in [0.25, 0.3) is 5.69 Å². The first-order chi connectivity index (χ1) is 24.5. The van der Waals surface area contributed by atoms with Crippen molar-refractivity contribution in [1.82, 2.24) is 0 Å². The van der Waals surface area contributed by atoms with Crippen molar-refractivity contribution >= 4 is 46.6 Å². The largest absolute Gasteiger partial charge is 0.494 e. The number of nitro groups is 1. The van der Waals surface area contributed by atoms with Gasteiger partial charge in [0.05, 0.1) is 53.4 Å². The first-order valence-corrected chi connectivity index (χ1v) is 17.2. The molecule has 3 aliphatic rings. The molecule has 4 bridgehead atoms. The first kappa shape index (κ1) is 38.7. The van der Waals surface area contributed by atoms with Crippen molar-refractivity contribution in [1.29, 1.82) is 0 Å². The van der Waals surface area contributed by atoms with Gasteiger partial charge in [0.15, 0.2) is 0 Å². The molecule has 7 atom stereocenters. The number of allylic oxidation sites excluding steroid dienone is 3. The quantitative estimate of drug-likeness (QED) is 0.163. The number of hydrogen-bond donors (Lipinski definition) is 2. The van der Waals surface area contributed by atoms with Gasteiger partial charge in [-0.05, 0) is 50.5 Å². The zero-order valence-corrected chi connectivity index (χ0v) is 30.9. The van der Waals surface area contributed by atoms with Gasteiger partial charge < -0.3 is 33.7 Å². The van der Waals surface area contributed by atoms with Crippen LogP contribution in [0.15, 0.2) is 54.1 Å². The Labute approximate surface area is 306 Å². The molecule has 15 heteroatoms. The lowest BCUT2D eigenvalue weighted by atomic mass is 9.78. The summed E-state index contributed by atoms with van der Waals surface area (Å²) in [5, 5.41) is 26.0. The third kappa shape index (κ3) is 8.10. The third-order valence-electron chi connectivity index (χ3n) is 10.1. The van der Waals surface area contributed by atoms with Crippen LogP contribution in [0.1, 0.15) is 51.2 Å². The summed E-state index contributed by atoms with van der Waals surface area (Å²) in [5.41, 5.74) is 0.133. The molecule has 3 aliphatic heterocycles. The molecule has 0 unspecified atom stereocenters. The van der Waals surface area contributed by atoms with Crippen molar-refractivity contribution < 1.29 is 48.1 Å². The molecule has 0 aromatic heterocycles. The highest BCUT2D eigenvalue weighted by Gasteiger charge is 2.64. The summed E-state index contributed by atoms with van der Waals surface area (Å²) in [7, 11) is 4.35. The second kappa shape index (κ2) is 15.2. The molecular formula is C37H44ClN3O11. The smallest absolute Gasteiger partial charge is 0.412 e. The molecular weight excluding hydrogens is 698 g/mol. The molecule has 2 N–H and O–H groups in total. The van der Waals surface area contributed by atoms with Crippen LogP contribution in [-0.4, -0.2) is 84.9 Å². The van der Waals surface area contributed by atoms with E-state index < -0.39 is 64.4 Å². The number of carbonyl (C=O) groups excluding carboxylic acids is 3. The van der Waals surface area contributed by atoms with Crippen molar-refractivity contribution in [3.05, 3.63) is 80.4 Å². The lowest BCUT2D eigenvalue weighted by Gasteiger charge is -2.41. The number of anilines is 2. The SMILES string of the molecule is COc1cc([N+](=O)[O-])ccc1NC(=O)O[C@H]1CC(=O)N(C)c2cc(cc(C)c2Cl)C/C(C)=C/C=C/[C@@H](OC)[C@]2(O)CC(=O)O[C@@H](C2)[C@@H](C)[C@@H]2O[C@@]12C. The van der Waals surface area contributed by atoms with Crippen molar-refractivity contribution in [3.63, 3.8) is 0 Å². The second-order valence-corrected chi connectivity index (χ2v) is 14.3. The van der Waals surface area contributed by atoms with E-state index in [4.69, 9.17) is 35.3 Å². The molecule has 280 valence electrons. The number of rotatable bonds is 5. The Kier molecular flexibility index (Phi) is 11.3. The number of ether oxygens (including phenoxy) is 5. The first-order valence-electron chi connectivity index (χ1n) is 16.8. The number of nitrogens with one attached hydrogen (secondary N) is 1. The number of fused-ring (bicyclic) bond motifs is 5. The molecule has 0 aliphatic carbocycles. The molecule has 5 rings (SSSR count). The van der Waals surface area contributed by atoms with Crippen LogP contribution in [0.5, 0.6) is 5.75 Å². The number of methoxy groups -OCH3 is 2.